The van der Waals surface area contributed by atoms with Crippen LogP contribution in [0.5, 0.6) is 17.5 Å². The minimum atomic E-state index is -0.731. The quantitative estimate of drug-likeness (QED) is 0.926. The van der Waals surface area contributed by atoms with Crippen molar-refractivity contribution in [2.24, 2.45) is 0 Å². The summed E-state index contributed by atoms with van der Waals surface area (Å²) in [4.78, 5) is 21.0. The molecule has 1 amide bonds. The average Bonchev–Trinajstić information content (AvgIpc) is 2.58. The van der Waals surface area contributed by atoms with Gasteiger partial charge >= 0.3 is 6.01 Å². The molecule has 7 heteroatoms. The lowest BCUT2D eigenvalue weighted by atomic mass is 10.2. The largest absolute Gasteiger partial charge is 0.485 e. The highest BCUT2D eigenvalue weighted by Crippen LogP contribution is 2.31. The van der Waals surface area contributed by atoms with E-state index in [9.17, 15) is 4.79 Å². The summed E-state index contributed by atoms with van der Waals surface area (Å²) in [7, 11) is 0. The fourth-order valence-electron chi connectivity index (χ4n) is 2.41. The van der Waals surface area contributed by atoms with Crippen molar-refractivity contribution in [3.05, 3.63) is 35.7 Å². The number of benzene rings is 1. The Morgan fingerprint density at radius 3 is 2.58 bits per heavy atom. The summed E-state index contributed by atoms with van der Waals surface area (Å²) in [6, 6.07) is 7.56. The van der Waals surface area contributed by atoms with Gasteiger partial charge in [0.25, 0.3) is 5.91 Å². The van der Waals surface area contributed by atoms with Crippen LogP contribution in [-0.4, -0.2) is 35.2 Å². The first-order valence-corrected chi connectivity index (χ1v) is 7.76. The third-order valence-corrected chi connectivity index (χ3v) is 3.57. The van der Waals surface area contributed by atoms with E-state index in [1.54, 1.807) is 26.0 Å². The molecule has 0 radical (unpaired) electrons. The van der Waals surface area contributed by atoms with Gasteiger partial charge in [-0.1, -0.05) is 12.1 Å². The smallest absolute Gasteiger partial charge is 0.316 e. The Balaban J connectivity index is 1.74. The van der Waals surface area contributed by atoms with Gasteiger partial charge in [-0.3, -0.25) is 4.79 Å². The molecule has 1 atom stereocenters. The zero-order valence-electron chi connectivity index (χ0n) is 13.8. The summed E-state index contributed by atoms with van der Waals surface area (Å²) in [6.07, 6.45) is -0.731. The zero-order valence-corrected chi connectivity index (χ0v) is 13.8. The van der Waals surface area contributed by atoms with Crippen LogP contribution in [-0.2, 0) is 4.79 Å². The molecule has 0 bridgehead atoms. The molecule has 1 aromatic carbocycles. The van der Waals surface area contributed by atoms with Crippen molar-refractivity contribution >= 4 is 11.6 Å². The molecule has 3 rings (SSSR count). The van der Waals surface area contributed by atoms with E-state index in [-0.39, 0.29) is 12.5 Å². The number of rotatable bonds is 4. The van der Waals surface area contributed by atoms with Crippen molar-refractivity contribution in [2.75, 3.05) is 18.5 Å². The number of carbonyl (C=O) groups excluding carboxylic acids is 1. The van der Waals surface area contributed by atoms with Crippen molar-refractivity contribution in [3.8, 4) is 17.5 Å². The lowest BCUT2D eigenvalue weighted by molar-refractivity contribution is -0.125. The van der Waals surface area contributed by atoms with Crippen molar-refractivity contribution in [1.82, 2.24) is 9.97 Å². The van der Waals surface area contributed by atoms with Crippen molar-refractivity contribution < 1.29 is 19.0 Å². The summed E-state index contributed by atoms with van der Waals surface area (Å²) in [5, 5.41) is 2.82. The fraction of sp³-hybridized carbons (Fsp3) is 0.353. The predicted octanol–water partition coefficient (Wildman–Crippen LogP) is 2.27. The number of hydrogen-bond acceptors (Lipinski definition) is 6. The highest BCUT2D eigenvalue weighted by molar-refractivity contribution is 5.95. The number of para-hydroxylation sites is 2. The molecule has 0 spiro atoms. The molecule has 1 aliphatic rings. The number of nitrogens with zero attached hydrogens (tertiary/aromatic N) is 2. The summed E-state index contributed by atoms with van der Waals surface area (Å²) in [6.45, 7) is 6.08. The normalized spacial score (nSPS) is 15.7. The number of ether oxygens (including phenoxy) is 3. The zero-order chi connectivity index (χ0) is 17.1. The van der Waals surface area contributed by atoms with Gasteiger partial charge in [0.2, 0.25) is 6.10 Å². The molecular weight excluding hydrogens is 310 g/mol. The molecular formula is C17H19N3O4. The molecule has 1 aliphatic heterocycles. The molecule has 1 unspecified atom stereocenters. The lowest BCUT2D eigenvalue weighted by Gasteiger charge is -2.25. The number of hydrogen-bond donors (Lipinski definition) is 1. The number of aryl methyl sites for hydroxylation is 2. The molecule has 24 heavy (non-hydrogen) atoms. The predicted molar refractivity (Wildman–Crippen MR) is 87.7 cm³/mol. The van der Waals surface area contributed by atoms with Crippen LogP contribution in [0.1, 0.15) is 18.3 Å². The monoisotopic (exact) mass is 329 g/mol. The van der Waals surface area contributed by atoms with E-state index < -0.39 is 6.10 Å². The molecule has 126 valence electrons. The number of nitrogens with one attached hydrogen (secondary N) is 1. The van der Waals surface area contributed by atoms with E-state index in [0.29, 0.717) is 41.2 Å². The Labute approximate surface area is 140 Å². The topological polar surface area (TPSA) is 82.6 Å². The van der Waals surface area contributed by atoms with Crippen molar-refractivity contribution in [3.63, 3.8) is 0 Å². The molecule has 0 saturated carbocycles. The Morgan fingerprint density at radius 1 is 1.25 bits per heavy atom. The van der Waals surface area contributed by atoms with Crippen LogP contribution in [0.15, 0.2) is 24.3 Å². The van der Waals surface area contributed by atoms with E-state index in [1.165, 1.54) is 0 Å². The highest BCUT2D eigenvalue weighted by atomic mass is 16.6. The van der Waals surface area contributed by atoms with E-state index in [4.69, 9.17) is 14.2 Å². The van der Waals surface area contributed by atoms with Gasteiger partial charge in [-0.15, -0.1) is 0 Å². The highest BCUT2D eigenvalue weighted by Gasteiger charge is 2.28. The number of anilines is 1. The van der Waals surface area contributed by atoms with Gasteiger partial charge < -0.3 is 19.5 Å². The van der Waals surface area contributed by atoms with Crippen LogP contribution < -0.4 is 19.5 Å². The lowest BCUT2D eigenvalue weighted by Crippen LogP contribution is -2.40. The number of amides is 1. The Kier molecular flexibility index (Phi) is 4.50. The minimum Gasteiger partial charge on any atom is -0.485 e. The minimum absolute atomic E-state index is 0.152. The van der Waals surface area contributed by atoms with Gasteiger partial charge in [0.15, 0.2) is 11.5 Å². The van der Waals surface area contributed by atoms with Crippen LogP contribution in [0, 0.1) is 13.8 Å². The van der Waals surface area contributed by atoms with Crippen LogP contribution in [0.25, 0.3) is 0 Å². The molecule has 2 aromatic rings. The average molecular weight is 329 g/mol. The maximum Gasteiger partial charge on any atom is 0.316 e. The maximum atomic E-state index is 12.5. The van der Waals surface area contributed by atoms with Crippen LogP contribution in [0.2, 0.25) is 0 Å². The summed E-state index contributed by atoms with van der Waals surface area (Å²) >= 11 is 0. The Hall–Kier alpha value is -2.83. The molecule has 0 aliphatic carbocycles. The fourth-order valence-corrected chi connectivity index (χ4v) is 2.41. The Morgan fingerprint density at radius 2 is 1.92 bits per heavy atom. The molecule has 2 heterocycles. The maximum absolute atomic E-state index is 12.5. The van der Waals surface area contributed by atoms with Gasteiger partial charge in [0, 0.05) is 0 Å². The number of fused-ring (bicyclic) bond motifs is 1. The van der Waals surface area contributed by atoms with Crippen molar-refractivity contribution in [1.29, 1.82) is 0 Å². The second-order valence-corrected chi connectivity index (χ2v) is 5.34. The summed E-state index contributed by atoms with van der Waals surface area (Å²) < 4.78 is 16.6. The third-order valence-electron chi connectivity index (χ3n) is 3.57. The van der Waals surface area contributed by atoms with Gasteiger partial charge in [0.1, 0.15) is 6.61 Å². The molecule has 7 nitrogen and oxygen atoms in total. The standard InChI is InChI=1S/C17H19N3O4/c1-4-22-17-18-10(2)15(11(3)19-17)20-16(21)14-9-23-12-7-5-6-8-13(12)24-14/h5-8,14H,4,9H2,1-3H3,(H,20,21). The van der Waals surface area contributed by atoms with E-state index >= 15 is 0 Å². The van der Waals surface area contributed by atoms with Gasteiger partial charge in [-0.2, -0.15) is 9.97 Å². The molecule has 0 saturated heterocycles. The molecule has 1 aromatic heterocycles. The summed E-state index contributed by atoms with van der Waals surface area (Å²) in [5.74, 6) is 0.891. The van der Waals surface area contributed by atoms with Gasteiger partial charge in [-0.25, -0.2) is 0 Å². The van der Waals surface area contributed by atoms with Crippen LogP contribution >= 0.6 is 0 Å². The first kappa shape index (κ1) is 16.0. The Bertz CT molecular complexity index is 740. The second-order valence-electron chi connectivity index (χ2n) is 5.34. The molecule has 1 N–H and O–H groups in total. The molecule has 0 fully saturated rings. The van der Waals surface area contributed by atoms with E-state index in [2.05, 4.69) is 15.3 Å². The van der Waals surface area contributed by atoms with Crippen LogP contribution in [0.3, 0.4) is 0 Å². The number of carbonyl (C=O) groups is 1. The van der Waals surface area contributed by atoms with Gasteiger partial charge in [0.05, 0.1) is 23.7 Å². The first-order valence-electron chi connectivity index (χ1n) is 7.76. The number of aromatic nitrogens is 2. The van der Waals surface area contributed by atoms with E-state index in [0.717, 1.165) is 0 Å². The van der Waals surface area contributed by atoms with E-state index in [1.807, 2.05) is 19.1 Å². The second kappa shape index (κ2) is 6.74. The third kappa shape index (κ3) is 3.24. The SMILES string of the molecule is CCOc1nc(C)c(NC(=O)C2COc3ccccc3O2)c(C)n1. The van der Waals surface area contributed by atoms with Crippen LogP contribution in [0.4, 0.5) is 5.69 Å². The van der Waals surface area contributed by atoms with Crippen molar-refractivity contribution in [2.45, 2.75) is 26.9 Å². The first-order chi connectivity index (χ1) is 11.6. The van der Waals surface area contributed by atoms with Gasteiger partial charge in [-0.05, 0) is 32.9 Å². The summed E-state index contributed by atoms with van der Waals surface area (Å²) in [5.41, 5.74) is 1.83.